The summed E-state index contributed by atoms with van der Waals surface area (Å²) in [6.07, 6.45) is 7.35. The van der Waals surface area contributed by atoms with Gasteiger partial charge in [0.15, 0.2) is 5.82 Å². The van der Waals surface area contributed by atoms with Gasteiger partial charge in [0.25, 0.3) is 11.8 Å². The van der Waals surface area contributed by atoms with Crippen LogP contribution in [0.3, 0.4) is 0 Å². The number of hydrogen-bond donors (Lipinski definition) is 2. The van der Waals surface area contributed by atoms with Gasteiger partial charge in [0.1, 0.15) is 11.8 Å². The van der Waals surface area contributed by atoms with Gasteiger partial charge in [-0.2, -0.15) is 5.10 Å². The van der Waals surface area contributed by atoms with Crippen LogP contribution in [0.25, 0.3) is 5.52 Å². The number of anilines is 2. The molecule has 0 unspecified atom stereocenters. The summed E-state index contributed by atoms with van der Waals surface area (Å²) in [5.74, 6) is -1.18. The zero-order valence-electron chi connectivity index (χ0n) is 24.0. The number of ether oxygens (including phenoxy) is 2. The molecule has 0 radical (unpaired) electrons. The Bertz CT molecular complexity index is 1680. The standard InChI is InChI=1S/C30H31N7O6/c1-4-11-32-27(38)20-8-7-18(2)24(13-20)37(30(41)43-17-42-29(40)21-6-5-12-31-14-21)26-25-19(3)23(15-36(25)34-16-33-26)28(39)35-22-9-10-22/h5-8,12-16,22H,4,9-11,17H2,1-3H3,(H,32,38)(H,35,39). The molecule has 0 saturated heterocycles. The van der Waals surface area contributed by atoms with Crippen LogP contribution in [0.1, 0.15) is 68.4 Å². The molecule has 5 rings (SSSR count). The van der Waals surface area contributed by atoms with Crippen molar-refractivity contribution in [3.8, 4) is 0 Å². The van der Waals surface area contributed by atoms with Crippen LogP contribution >= 0.6 is 0 Å². The summed E-state index contributed by atoms with van der Waals surface area (Å²) >= 11 is 0. The maximum absolute atomic E-state index is 13.8. The van der Waals surface area contributed by atoms with E-state index in [1.54, 1.807) is 44.3 Å². The number of rotatable bonds is 10. The largest absolute Gasteiger partial charge is 0.424 e. The molecule has 1 fully saturated rings. The van der Waals surface area contributed by atoms with Crippen molar-refractivity contribution < 1.29 is 28.7 Å². The van der Waals surface area contributed by atoms with Gasteiger partial charge in [0.2, 0.25) is 6.79 Å². The van der Waals surface area contributed by atoms with Crippen molar-refractivity contribution >= 4 is 40.9 Å². The monoisotopic (exact) mass is 585 g/mol. The number of pyridine rings is 1. The third-order valence-electron chi connectivity index (χ3n) is 6.88. The number of nitrogens with zero attached hydrogens (tertiary/aromatic N) is 5. The molecule has 43 heavy (non-hydrogen) atoms. The predicted molar refractivity (Wildman–Crippen MR) is 155 cm³/mol. The van der Waals surface area contributed by atoms with Gasteiger partial charge >= 0.3 is 12.1 Å². The van der Waals surface area contributed by atoms with Crippen molar-refractivity contribution in [2.24, 2.45) is 0 Å². The van der Waals surface area contributed by atoms with E-state index in [0.717, 1.165) is 19.3 Å². The number of fused-ring (bicyclic) bond motifs is 1. The molecular formula is C30H31N7O6. The lowest BCUT2D eigenvalue weighted by Crippen LogP contribution is -2.31. The highest BCUT2D eigenvalue weighted by Gasteiger charge is 2.30. The molecule has 3 aromatic heterocycles. The molecule has 3 amide bonds. The molecule has 13 nitrogen and oxygen atoms in total. The summed E-state index contributed by atoms with van der Waals surface area (Å²) in [4.78, 5) is 61.4. The molecular weight excluding hydrogens is 554 g/mol. The van der Waals surface area contributed by atoms with Crippen molar-refractivity contribution in [2.45, 2.75) is 46.1 Å². The third-order valence-corrected chi connectivity index (χ3v) is 6.88. The van der Waals surface area contributed by atoms with Crippen LogP contribution in [0.15, 0.2) is 55.2 Å². The number of aromatic nitrogens is 4. The SMILES string of the molecule is CCCNC(=O)c1ccc(C)c(N(C(=O)OCOC(=O)c2cccnc2)c2ncnn3cc(C(=O)NC4CC4)c(C)c23)c1. The number of carbonyl (C=O) groups is 4. The number of amides is 3. The summed E-state index contributed by atoms with van der Waals surface area (Å²) in [5.41, 5.74) is 2.75. The molecule has 222 valence electrons. The Morgan fingerprint density at radius 3 is 2.60 bits per heavy atom. The molecule has 1 aliphatic carbocycles. The number of nitrogens with one attached hydrogen (secondary N) is 2. The Hall–Kier alpha value is -5.33. The van der Waals surface area contributed by atoms with Crippen LogP contribution in [0.4, 0.5) is 16.3 Å². The van der Waals surface area contributed by atoms with E-state index in [0.29, 0.717) is 40.0 Å². The Kier molecular flexibility index (Phi) is 8.60. The summed E-state index contributed by atoms with van der Waals surface area (Å²) in [6.45, 7) is 5.24. The second kappa shape index (κ2) is 12.7. The van der Waals surface area contributed by atoms with Gasteiger partial charge in [-0.3, -0.25) is 14.6 Å². The lowest BCUT2D eigenvalue weighted by atomic mass is 10.1. The number of benzene rings is 1. The molecule has 1 aromatic carbocycles. The average Bonchev–Trinajstić information content (AvgIpc) is 3.76. The fourth-order valence-corrected chi connectivity index (χ4v) is 4.42. The lowest BCUT2D eigenvalue weighted by Gasteiger charge is -2.24. The van der Waals surface area contributed by atoms with Crippen molar-refractivity contribution in [3.63, 3.8) is 0 Å². The number of hydrogen-bond acceptors (Lipinski definition) is 9. The minimum absolute atomic E-state index is 0.107. The minimum Gasteiger partial charge on any atom is -0.424 e. The molecule has 1 aliphatic rings. The van der Waals surface area contributed by atoms with Gasteiger partial charge in [-0.25, -0.2) is 24.0 Å². The summed E-state index contributed by atoms with van der Waals surface area (Å²) in [5, 5.41) is 10.1. The number of esters is 1. The van der Waals surface area contributed by atoms with Gasteiger partial charge in [-0.05, 0) is 68.5 Å². The quantitative estimate of drug-likeness (QED) is 0.208. The van der Waals surface area contributed by atoms with E-state index in [-0.39, 0.29) is 29.2 Å². The zero-order valence-corrected chi connectivity index (χ0v) is 24.0. The van der Waals surface area contributed by atoms with Crippen LogP contribution in [0.2, 0.25) is 0 Å². The molecule has 0 spiro atoms. The van der Waals surface area contributed by atoms with Crippen LogP contribution in [-0.2, 0) is 9.47 Å². The van der Waals surface area contributed by atoms with Crippen molar-refractivity contribution in [2.75, 3.05) is 18.2 Å². The third kappa shape index (κ3) is 6.45. The molecule has 0 aliphatic heterocycles. The van der Waals surface area contributed by atoms with Crippen LogP contribution in [0.5, 0.6) is 0 Å². The first-order valence-electron chi connectivity index (χ1n) is 13.8. The Morgan fingerprint density at radius 1 is 1.07 bits per heavy atom. The molecule has 0 bridgehead atoms. The Balaban J connectivity index is 1.53. The maximum Gasteiger partial charge on any atom is 0.423 e. The lowest BCUT2D eigenvalue weighted by molar-refractivity contribution is -0.000110. The highest BCUT2D eigenvalue weighted by atomic mass is 16.7. The van der Waals surface area contributed by atoms with E-state index in [4.69, 9.17) is 9.47 Å². The van der Waals surface area contributed by atoms with Gasteiger partial charge in [-0.15, -0.1) is 0 Å². The maximum atomic E-state index is 13.8. The number of aryl methyl sites for hydroxylation is 2. The predicted octanol–water partition coefficient (Wildman–Crippen LogP) is 3.86. The van der Waals surface area contributed by atoms with Crippen molar-refractivity contribution in [3.05, 3.63) is 83.1 Å². The van der Waals surface area contributed by atoms with E-state index < -0.39 is 18.9 Å². The van der Waals surface area contributed by atoms with E-state index in [1.807, 2.05) is 6.92 Å². The van der Waals surface area contributed by atoms with E-state index >= 15 is 0 Å². The number of carbonyl (C=O) groups excluding carboxylic acids is 4. The Labute approximate surface area is 247 Å². The highest BCUT2D eigenvalue weighted by molar-refractivity contribution is 6.05. The second-order valence-electron chi connectivity index (χ2n) is 10.1. The van der Waals surface area contributed by atoms with Crippen LogP contribution in [0, 0.1) is 13.8 Å². The Morgan fingerprint density at radius 2 is 1.88 bits per heavy atom. The molecule has 2 N–H and O–H groups in total. The molecule has 0 atom stereocenters. The van der Waals surface area contributed by atoms with E-state index in [9.17, 15) is 19.2 Å². The molecule has 13 heteroatoms. The van der Waals surface area contributed by atoms with E-state index in [1.165, 1.54) is 34.2 Å². The first-order valence-corrected chi connectivity index (χ1v) is 13.8. The minimum atomic E-state index is -0.932. The van der Waals surface area contributed by atoms with Crippen molar-refractivity contribution in [1.82, 2.24) is 30.2 Å². The molecule has 3 heterocycles. The fourth-order valence-electron chi connectivity index (χ4n) is 4.42. The molecule has 1 saturated carbocycles. The zero-order chi connectivity index (χ0) is 30.5. The van der Waals surface area contributed by atoms with Gasteiger partial charge in [0, 0.05) is 36.7 Å². The summed E-state index contributed by atoms with van der Waals surface area (Å²) in [6, 6.07) is 8.16. The summed E-state index contributed by atoms with van der Waals surface area (Å²) < 4.78 is 12.0. The first kappa shape index (κ1) is 29.2. The van der Waals surface area contributed by atoms with Crippen molar-refractivity contribution in [1.29, 1.82) is 0 Å². The van der Waals surface area contributed by atoms with Gasteiger partial charge < -0.3 is 20.1 Å². The first-order chi connectivity index (χ1) is 20.8. The van der Waals surface area contributed by atoms with E-state index in [2.05, 4.69) is 25.7 Å². The fraction of sp³-hybridized carbons (Fsp3) is 0.300. The molecule has 4 aromatic rings. The average molecular weight is 586 g/mol. The highest BCUT2D eigenvalue weighted by Crippen LogP contribution is 2.34. The van der Waals surface area contributed by atoms with Gasteiger partial charge in [0.05, 0.1) is 16.8 Å². The van der Waals surface area contributed by atoms with Crippen LogP contribution in [-0.4, -0.2) is 62.8 Å². The van der Waals surface area contributed by atoms with Crippen LogP contribution < -0.4 is 15.5 Å². The smallest absolute Gasteiger partial charge is 0.423 e. The normalized spacial score (nSPS) is 12.4. The van der Waals surface area contributed by atoms with Gasteiger partial charge in [-0.1, -0.05) is 13.0 Å². The second-order valence-corrected chi connectivity index (χ2v) is 10.1. The topological polar surface area (TPSA) is 157 Å². The summed E-state index contributed by atoms with van der Waals surface area (Å²) in [7, 11) is 0.